The lowest BCUT2D eigenvalue weighted by atomic mass is 10.3. The van der Waals surface area contributed by atoms with E-state index in [-0.39, 0.29) is 0 Å². The molecule has 2 rings (SSSR count). The van der Waals surface area contributed by atoms with Gasteiger partial charge in [-0.3, -0.25) is 4.98 Å². The molecule has 1 aromatic heterocycles. The molecule has 0 N–H and O–H groups in total. The average molecular weight is 184 g/mol. The van der Waals surface area contributed by atoms with Gasteiger partial charge >= 0.3 is 0 Å². The van der Waals surface area contributed by atoms with Crippen LogP contribution in [-0.4, -0.2) is 4.98 Å². The van der Waals surface area contributed by atoms with Crippen molar-refractivity contribution in [1.29, 1.82) is 0 Å². The molecule has 2 aromatic rings. The van der Waals surface area contributed by atoms with E-state index in [1.54, 1.807) is 12.4 Å². The molecule has 0 spiro atoms. The van der Waals surface area contributed by atoms with Gasteiger partial charge in [0.25, 0.3) is 0 Å². The quantitative estimate of drug-likeness (QED) is 0.731. The van der Waals surface area contributed by atoms with E-state index < -0.39 is 0 Å². The van der Waals surface area contributed by atoms with Crippen LogP contribution in [0.1, 0.15) is 5.56 Å². The second kappa shape index (κ2) is 4.42. The predicted molar refractivity (Wildman–Crippen MR) is 53.8 cm³/mol. The van der Waals surface area contributed by atoms with Gasteiger partial charge in [-0.25, -0.2) is 0 Å². The van der Waals surface area contributed by atoms with E-state index in [4.69, 9.17) is 4.74 Å². The van der Waals surface area contributed by atoms with Crippen LogP contribution < -0.4 is 4.74 Å². The summed E-state index contributed by atoms with van der Waals surface area (Å²) in [6.07, 6.45) is 3.54. The third-order valence-electron chi connectivity index (χ3n) is 1.80. The lowest BCUT2D eigenvalue weighted by Crippen LogP contribution is -1.95. The Labute approximate surface area is 83.2 Å². The summed E-state index contributed by atoms with van der Waals surface area (Å²) in [4.78, 5) is 4.01. The van der Waals surface area contributed by atoms with Crippen molar-refractivity contribution in [3.05, 3.63) is 60.4 Å². The fraction of sp³-hybridized carbons (Fsp3) is 0.0833. The van der Waals surface area contributed by atoms with Crippen molar-refractivity contribution in [2.45, 2.75) is 6.61 Å². The van der Waals surface area contributed by atoms with Crippen LogP contribution in [0.4, 0.5) is 0 Å². The Morgan fingerprint density at radius 2 is 2.21 bits per heavy atom. The first-order valence-electron chi connectivity index (χ1n) is 4.43. The molecule has 14 heavy (non-hydrogen) atoms. The van der Waals surface area contributed by atoms with Crippen molar-refractivity contribution in [2.75, 3.05) is 0 Å². The van der Waals surface area contributed by atoms with E-state index in [1.165, 1.54) is 0 Å². The lowest BCUT2D eigenvalue weighted by Gasteiger charge is -2.04. The summed E-state index contributed by atoms with van der Waals surface area (Å²) in [5, 5.41) is 0. The molecule has 1 radical (unpaired) electrons. The Kier molecular flexibility index (Phi) is 2.76. The summed E-state index contributed by atoms with van der Waals surface area (Å²) in [5.74, 6) is 0.761. The molecule has 2 heteroatoms. The zero-order chi connectivity index (χ0) is 9.64. The minimum atomic E-state index is 0.536. The topological polar surface area (TPSA) is 22.1 Å². The van der Waals surface area contributed by atoms with Gasteiger partial charge < -0.3 is 4.74 Å². The van der Waals surface area contributed by atoms with Crippen LogP contribution in [0.15, 0.2) is 48.8 Å². The highest BCUT2D eigenvalue weighted by Gasteiger charge is 1.93. The SMILES string of the molecule is [c]1ccccc1OCc1cccnc1. The van der Waals surface area contributed by atoms with Gasteiger partial charge in [0.15, 0.2) is 0 Å². The van der Waals surface area contributed by atoms with Crippen LogP contribution in [-0.2, 0) is 6.61 Å². The fourth-order valence-corrected chi connectivity index (χ4v) is 1.11. The van der Waals surface area contributed by atoms with Gasteiger partial charge in [0.1, 0.15) is 12.4 Å². The predicted octanol–water partition coefficient (Wildman–Crippen LogP) is 2.46. The molecule has 0 bridgehead atoms. The molecule has 0 aliphatic heterocycles. The Morgan fingerprint density at radius 3 is 2.93 bits per heavy atom. The number of benzene rings is 1. The van der Waals surface area contributed by atoms with Gasteiger partial charge in [-0.1, -0.05) is 24.3 Å². The summed E-state index contributed by atoms with van der Waals surface area (Å²) < 4.78 is 5.50. The maximum atomic E-state index is 5.50. The highest BCUT2D eigenvalue weighted by atomic mass is 16.5. The van der Waals surface area contributed by atoms with Gasteiger partial charge in [0.2, 0.25) is 0 Å². The molecular formula is C12H10NO. The number of para-hydroxylation sites is 1. The number of ether oxygens (including phenoxy) is 1. The van der Waals surface area contributed by atoms with Crippen molar-refractivity contribution in [1.82, 2.24) is 4.98 Å². The van der Waals surface area contributed by atoms with Gasteiger partial charge in [0.05, 0.1) is 0 Å². The maximum absolute atomic E-state index is 5.50. The summed E-state index contributed by atoms with van der Waals surface area (Å²) in [7, 11) is 0. The molecule has 0 saturated carbocycles. The Hall–Kier alpha value is -1.83. The first kappa shape index (κ1) is 8.75. The highest BCUT2D eigenvalue weighted by Crippen LogP contribution is 2.09. The fourth-order valence-electron chi connectivity index (χ4n) is 1.11. The van der Waals surface area contributed by atoms with Crippen molar-refractivity contribution >= 4 is 0 Å². The van der Waals surface area contributed by atoms with Gasteiger partial charge in [-0.15, -0.1) is 0 Å². The standard InChI is InChI=1S/C12H10NO/c1-2-6-12(7-3-1)14-10-11-5-4-8-13-9-11/h1-6,8-9H,10H2. The minimum Gasteiger partial charge on any atom is -0.488 e. The third-order valence-corrected chi connectivity index (χ3v) is 1.80. The average Bonchev–Trinajstić information content (AvgIpc) is 2.29. The molecule has 0 fully saturated rings. The first-order chi connectivity index (χ1) is 6.95. The van der Waals surface area contributed by atoms with Crippen molar-refractivity contribution < 1.29 is 4.74 Å². The van der Waals surface area contributed by atoms with Crippen LogP contribution in [0.2, 0.25) is 0 Å². The summed E-state index contributed by atoms with van der Waals surface area (Å²) in [6, 6.07) is 14.4. The van der Waals surface area contributed by atoms with Gasteiger partial charge in [-0.2, -0.15) is 0 Å². The summed E-state index contributed by atoms with van der Waals surface area (Å²) >= 11 is 0. The van der Waals surface area contributed by atoms with Gasteiger partial charge in [0, 0.05) is 24.0 Å². The Balaban J connectivity index is 1.96. The summed E-state index contributed by atoms with van der Waals surface area (Å²) in [5.41, 5.74) is 1.06. The number of hydrogen-bond donors (Lipinski definition) is 0. The molecule has 69 valence electrons. The molecular weight excluding hydrogens is 174 g/mol. The Morgan fingerprint density at radius 1 is 1.21 bits per heavy atom. The molecule has 2 nitrogen and oxygen atoms in total. The second-order valence-corrected chi connectivity index (χ2v) is 2.88. The number of pyridine rings is 1. The van der Waals surface area contributed by atoms with E-state index in [0.717, 1.165) is 11.3 Å². The monoisotopic (exact) mass is 184 g/mol. The molecule has 0 atom stereocenters. The normalized spacial score (nSPS) is 9.71. The van der Waals surface area contributed by atoms with E-state index in [1.807, 2.05) is 36.4 Å². The van der Waals surface area contributed by atoms with Crippen LogP contribution >= 0.6 is 0 Å². The molecule has 0 saturated heterocycles. The molecule has 0 aliphatic carbocycles. The molecule has 0 aliphatic rings. The number of rotatable bonds is 3. The first-order valence-corrected chi connectivity index (χ1v) is 4.43. The third kappa shape index (κ3) is 2.33. The second-order valence-electron chi connectivity index (χ2n) is 2.88. The van der Waals surface area contributed by atoms with Gasteiger partial charge in [-0.05, 0) is 12.1 Å². The number of nitrogens with zero attached hydrogens (tertiary/aromatic N) is 1. The molecule has 1 heterocycles. The molecule has 1 aromatic carbocycles. The van der Waals surface area contributed by atoms with Crippen molar-refractivity contribution in [3.63, 3.8) is 0 Å². The van der Waals surface area contributed by atoms with E-state index in [2.05, 4.69) is 11.1 Å². The van der Waals surface area contributed by atoms with Crippen molar-refractivity contribution in [2.24, 2.45) is 0 Å². The van der Waals surface area contributed by atoms with E-state index in [0.29, 0.717) is 6.61 Å². The Bertz CT molecular complexity index is 333. The van der Waals surface area contributed by atoms with Crippen LogP contribution in [0, 0.1) is 6.07 Å². The van der Waals surface area contributed by atoms with Crippen LogP contribution in [0.25, 0.3) is 0 Å². The van der Waals surface area contributed by atoms with Crippen LogP contribution in [0.5, 0.6) is 5.75 Å². The van der Waals surface area contributed by atoms with Crippen LogP contribution in [0.3, 0.4) is 0 Å². The van der Waals surface area contributed by atoms with E-state index in [9.17, 15) is 0 Å². The lowest BCUT2D eigenvalue weighted by molar-refractivity contribution is 0.305. The molecule has 0 amide bonds. The smallest absolute Gasteiger partial charge is 0.127 e. The summed E-state index contributed by atoms with van der Waals surface area (Å²) in [6.45, 7) is 0.536. The minimum absolute atomic E-state index is 0.536. The maximum Gasteiger partial charge on any atom is 0.127 e. The van der Waals surface area contributed by atoms with Crippen molar-refractivity contribution in [3.8, 4) is 5.75 Å². The highest BCUT2D eigenvalue weighted by molar-refractivity contribution is 5.20. The zero-order valence-electron chi connectivity index (χ0n) is 7.68. The number of aromatic nitrogens is 1. The number of hydrogen-bond acceptors (Lipinski definition) is 2. The largest absolute Gasteiger partial charge is 0.488 e. The zero-order valence-corrected chi connectivity index (χ0v) is 7.68. The molecule has 0 unspecified atom stereocenters. The van der Waals surface area contributed by atoms with E-state index >= 15 is 0 Å².